The number of hydrogen-bond donors (Lipinski definition) is 1. The van der Waals surface area contributed by atoms with E-state index >= 15 is 0 Å². The molecule has 0 radical (unpaired) electrons. The van der Waals surface area contributed by atoms with Crippen LogP contribution >= 0.6 is 22.7 Å². The minimum Gasteiger partial charge on any atom is -0.397 e. The molecule has 2 N–H and O–H groups in total. The summed E-state index contributed by atoms with van der Waals surface area (Å²) in [4.78, 5) is 20.5. The zero-order chi connectivity index (χ0) is 21.4. The van der Waals surface area contributed by atoms with Gasteiger partial charge in [-0.05, 0) is 41.1 Å². The van der Waals surface area contributed by atoms with E-state index in [0.29, 0.717) is 17.0 Å². The molecule has 0 amide bonds. The van der Waals surface area contributed by atoms with Crippen molar-refractivity contribution in [3.8, 4) is 21.7 Å². The van der Waals surface area contributed by atoms with E-state index in [1.54, 1.807) is 11.3 Å². The Bertz CT molecular complexity index is 1370. The van der Waals surface area contributed by atoms with Gasteiger partial charge in [-0.3, -0.25) is 4.79 Å². The maximum absolute atomic E-state index is 13.2. The Morgan fingerprint density at radius 1 is 1.00 bits per heavy atom. The van der Waals surface area contributed by atoms with Crippen LogP contribution in [0.25, 0.3) is 31.9 Å². The Kier molecular flexibility index (Phi) is 5.14. The van der Waals surface area contributed by atoms with Gasteiger partial charge in [-0.15, -0.1) is 22.7 Å². The molecule has 0 aliphatic rings. The molecule has 0 saturated heterocycles. The van der Waals surface area contributed by atoms with Gasteiger partial charge in [0.2, 0.25) is 0 Å². The van der Waals surface area contributed by atoms with Crippen molar-refractivity contribution in [1.82, 2.24) is 4.98 Å². The van der Waals surface area contributed by atoms with Gasteiger partial charge in [-0.1, -0.05) is 66.2 Å². The summed E-state index contributed by atoms with van der Waals surface area (Å²) in [6.45, 7) is 2.04. The van der Waals surface area contributed by atoms with Gasteiger partial charge >= 0.3 is 0 Å². The van der Waals surface area contributed by atoms with Gasteiger partial charge in [-0.2, -0.15) is 0 Å². The molecule has 0 aliphatic carbocycles. The molecule has 0 atom stereocenters. The first-order valence-corrected chi connectivity index (χ1v) is 11.7. The number of Topliss-reactive ketones (excluding diaryl/α,β-unsaturated/α-hetero) is 1. The van der Waals surface area contributed by atoms with Crippen LogP contribution in [0.15, 0.2) is 78.2 Å². The Labute approximate surface area is 188 Å². The molecule has 0 aliphatic heterocycles. The van der Waals surface area contributed by atoms with Crippen molar-refractivity contribution in [2.45, 2.75) is 13.3 Å². The van der Waals surface area contributed by atoms with Crippen molar-refractivity contribution >= 4 is 44.4 Å². The lowest BCUT2D eigenvalue weighted by molar-refractivity contribution is 0.0997. The van der Waals surface area contributed by atoms with Crippen molar-refractivity contribution in [2.24, 2.45) is 0 Å². The molecule has 3 heterocycles. The van der Waals surface area contributed by atoms with Crippen LogP contribution in [0.5, 0.6) is 0 Å². The van der Waals surface area contributed by atoms with Gasteiger partial charge in [0.05, 0.1) is 21.1 Å². The van der Waals surface area contributed by atoms with E-state index in [4.69, 9.17) is 10.7 Å². The van der Waals surface area contributed by atoms with E-state index < -0.39 is 0 Å². The first kappa shape index (κ1) is 19.7. The molecule has 0 bridgehead atoms. The topological polar surface area (TPSA) is 56.0 Å². The summed E-state index contributed by atoms with van der Waals surface area (Å²) in [6.07, 6.45) is 0.329. The van der Waals surface area contributed by atoms with Crippen LogP contribution in [0.1, 0.15) is 20.8 Å². The normalized spacial score (nSPS) is 11.1. The fraction of sp³-hybridized carbons (Fsp3) is 0.0769. The van der Waals surface area contributed by atoms with Crippen molar-refractivity contribution in [3.63, 3.8) is 0 Å². The fourth-order valence-corrected chi connectivity index (χ4v) is 5.44. The van der Waals surface area contributed by atoms with Gasteiger partial charge in [0.25, 0.3) is 0 Å². The highest BCUT2D eigenvalue weighted by Gasteiger charge is 2.22. The third-order valence-corrected chi connectivity index (χ3v) is 7.33. The number of nitrogens with zero attached hydrogens (tertiary/aromatic N) is 1. The number of carbonyl (C=O) groups is 1. The minimum atomic E-state index is 0.0287. The molecule has 2 aromatic carbocycles. The van der Waals surface area contributed by atoms with Crippen molar-refractivity contribution in [1.29, 1.82) is 0 Å². The largest absolute Gasteiger partial charge is 0.397 e. The molecule has 0 spiro atoms. The summed E-state index contributed by atoms with van der Waals surface area (Å²) in [7, 11) is 0. The van der Waals surface area contributed by atoms with E-state index in [9.17, 15) is 4.79 Å². The zero-order valence-electron chi connectivity index (χ0n) is 17.0. The molecule has 31 heavy (non-hydrogen) atoms. The van der Waals surface area contributed by atoms with Gasteiger partial charge in [0.1, 0.15) is 4.83 Å². The monoisotopic (exact) mass is 440 g/mol. The van der Waals surface area contributed by atoms with Crippen LogP contribution < -0.4 is 5.73 Å². The molecule has 5 aromatic rings. The smallest absolute Gasteiger partial charge is 0.179 e. The molecule has 3 aromatic heterocycles. The number of pyridine rings is 1. The third-order valence-electron chi connectivity index (χ3n) is 5.30. The van der Waals surface area contributed by atoms with Crippen LogP contribution in [0, 0.1) is 6.92 Å². The average molecular weight is 441 g/mol. The molecular formula is C26H20N2OS2. The number of benzene rings is 2. The number of hydrogen-bond acceptors (Lipinski definition) is 5. The number of aryl methyl sites for hydroxylation is 1. The Morgan fingerprint density at radius 2 is 1.77 bits per heavy atom. The SMILES string of the molecule is Cc1ccc(CC(=O)c2sc3nc(-c4cccs4)cc(-c4ccccc4)c3c2N)cc1. The maximum Gasteiger partial charge on any atom is 0.179 e. The van der Waals surface area contributed by atoms with Crippen LogP contribution in [-0.2, 0) is 6.42 Å². The van der Waals surface area contributed by atoms with Crippen LogP contribution in [0.2, 0.25) is 0 Å². The minimum absolute atomic E-state index is 0.0287. The van der Waals surface area contributed by atoms with Gasteiger partial charge in [0.15, 0.2) is 5.78 Å². The fourth-order valence-electron chi connectivity index (χ4n) is 3.70. The number of ketones is 1. The molecule has 0 fully saturated rings. The highest BCUT2D eigenvalue weighted by molar-refractivity contribution is 7.21. The second-order valence-electron chi connectivity index (χ2n) is 7.51. The summed E-state index contributed by atoms with van der Waals surface area (Å²) in [5, 5.41) is 2.91. The van der Waals surface area contributed by atoms with Crippen molar-refractivity contribution in [2.75, 3.05) is 5.73 Å². The molecular weight excluding hydrogens is 420 g/mol. The predicted octanol–water partition coefficient (Wildman–Crippen LogP) is 7.01. The molecule has 0 unspecified atom stereocenters. The third kappa shape index (κ3) is 3.78. The first-order valence-electron chi connectivity index (χ1n) is 10.0. The number of aromatic nitrogens is 1. The second kappa shape index (κ2) is 8.10. The van der Waals surface area contributed by atoms with Crippen molar-refractivity contribution in [3.05, 3.63) is 94.2 Å². The van der Waals surface area contributed by atoms with E-state index in [1.165, 1.54) is 16.9 Å². The Hall–Kier alpha value is -3.28. The quantitative estimate of drug-likeness (QED) is 0.299. The summed E-state index contributed by atoms with van der Waals surface area (Å²) in [6, 6.07) is 24.4. The Balaban J connectivity index is 1.65. The van der Waals surface area contributed by atoms with E-state index in [-0.39, 0.29) is 5.78 Å². The number of carbonyl (C=O) groups excluding carboxylic acids is 1. The summed E-state index contributed by atoms with van der Waals surface area (Å²) in [5.74, 6) is 0.0287. The highest BCUT2D eigenvalue weighted by Crippen LogP contribution is 2.42. The second-order valence-corrected chi connectivity index (χ2v) is 9.46. The molecule has 0 saturated carbocycles. The summed E-state index contributed by atoms with van der Waals surface area (Å²) >= 11 is 3.05. The molecule has 3 nitrogen and oxygen atoms in total. The summed E-state index contributed by atoms with van der Waals surface area (Å²) in [5.41, 5.74) is 12.2. The molecule has 152 valence electrons. The lowest BCUT2D eigenvalue weighted by atomic mass is 10.00. The standard InChI is InChI=1S/C26H20N2OS2/c1-16-9-11-17(12-10-16)14-21(29)25-24(27)23-19(18-6-3-2-4-7-18)15-20(28-26(23)31-25)22-8-5-13-30-22/h2-13,15H,14,27H2,1H3. The number of nitrogens with two attached hydrogens (primary N) is 1. The number of anilines is 1. The first-order chi connectivity index (χ1) is 15.1. The van der Waals surface area contributed by atoms with E-state index in [0.717, 1.165) is 37.5 Å². The zero-order valence-corrected chi connectivity index (χ0v) is 18.6. The number of rotatable bonds is 5. The molecule has 5 rings (SSSR count). The maximum atomic E-state index is 13.2. The highest BCUT2D eigenvalue weighted by atomic mass is 32.1. The molecule has 5 heteroatoms. The van der Waals surface area contributed by atoms with Crippen LogP contribution in [0.3, 0.4) is 0 Å². The number of thiophene rings is 2. The van der Waals surface area contributed by atoms with Crippen LogP contribution in [0.4, 0.5) is 5.69 Å². The summed E-state index contributed by atoms with van der Waals surface area (Å²) < 4.78 is 0. The van der Waals surface area contributed by atoms with Gasteiger partial charge in [0, 0.05) is 11.8 Å². The van der Waals surface area contributed by atoms with Gasteiger partial charge < -0.3 is 5.73 Å². The number of nitrogen functional groups attached to an aromatic ring is 1. The predicted molar refractivity (Wildman–Crippen MR) is 132 cm³/mol. The van der Waals surface area contributed by atoms with Gasteiger partial charge in [-0.25, -0.2) is 4.98 Å². The van der Waals surface area contributed by atoms with E-state index in [1.807, 2.05) is 60.8 Å². The van der Waals surface area contributed by atoms with Crippen LogP contribution in [-0.4, -0.2) is 10.8 Å². The van der Waals surface area contributed by atoms with Crippen molar-refractivity contribution < 1.29 is 4.79 Å². The lowest BCUT2D eigenvalue weighted by Crippen LogP contribution is -2.04. The van der Waals surface area contributed by atoms with E-state index in [2.05, 4.69) is 24.3 Å². The number of fused-ring (bicyclic) bond motifs is 1. The lowest BCUT2D eigenvalue weighted by Gasteiger charge is -2.08. The Morgan fingerprint density at radius 3 is 2.48 bits per heavy atom. The average Bonchev–Trinajstić information content (AvgIpc) is 3.44.